The van der Waals surface area contributed by atoms with Crippen LogP contribution < -0.4 is 11.1 Å². The van der Waals surface area contributed by atoms with Gasteiger partial charge in [-0.25, -0.2) is 4.98 Å². The van der Waals surface area contributed by atoms with Gasteiger partial charge in [-0.1, -0.05) is 30.9 Å². The van der Waals surface area contributed by atoms with E-state index in [2.05, 4.69) is 15.3 Å². The Bertz CT molecular complexity index is 393. The van der Waals surface area contributed by atoms with E-state index in [0.717, 1.165) is 25.7 Å². The molecule has 0 bridgehead atoms. The largest absolute Gasteiger partial charge is 0.388 e. The molecule has 4 N–H and O–H groups in total. The maximum atomic E-state index is 10.3. The second-order valence-corrected chi connectivity index (χ2v) is 4.97. The Balaban J connectivity index is 1.99. The van der Waals surface area contributed by atoms with E-state index in [1.54, 1.807) is 0 Å². The smallest absolute Gasteiger partial charge is 0.222 e. The Morgan fingerprint density at radius 3 is 2.82 bits per heavy atom. The first kappa shape index (κ1) is 12.4. The summed E-state index contributed by atoms with van der Waals surface area (Å²) < 4.78 is 0. The summed E-state index contributed by atoms with van der Waals surface area (Å²) in [5.41, 5.74) is 4.83. The Labute approximate surface area is 105 Å². The summed E-state index contributed by atoms with van der Waals surface area (Å²) in [4.78, 5) is 7.78. The van der Waals surface area contributed by atoms with E-state index in [4.69, 9.17) is 17.3 Å². The van der Waals surface area contributed by atoms with Crippen LogP contribution in [0.5, 0.6) is 0 Å². The first-order valence-electron chi connectivity index (χ1n) is 5.83. The number of hydrogen-bond donors (Lipinski definition) is 3. The van der Waals surface area contributed by atoms with E-state index in [1.165, 1.54) is 12.6 Å². The molecule has 1 heterocycles. The molecular formula is C11H17ClN4O. The van der Waals surface area contributed by atoms with Gasteiger partial charge in [0.2, 0.25) is 5.95 Å². The first-order valence-corrected chi connectivity index (χ1v) is 6.21. The number of aliphatic hydroxyl groups is 1. The van der Waals surface area contributed by atoms with Crippen molar-refractivity contribution in [1.29, 1.82) is 0 Å². The SMILES string of the molecule is Nc1ncc(Cl)c(NCC2(O)CCCCC2)n1. The van der Waals surface area contributed by atoms with Crippen LogP contribution in [0, 0.1) is 0 Å². The van der Waals surface area contributed by atoms with Crippen LogP contribution in [0.2, 0.25) is 5.02 Å². The van der Waals surface area contributed by atoms with Gasteiger partial charge < -0.3 is 16.2 Å². The maximum Gasteiger partial charge on any atom is 0.222 e. The van der Waals surface area contributed by atoms with Crippen molar-refractivity contribution < 1.29 is 5.11 Å². The van der Waals surface area contributed by atoms with Crippen LogP contribution in [0.15, 0.2) is 6.20 Å². The third-order valence-corrected chi connectivity index (χ3v) is 3.41. The molecule has 0 spiro atoms. The van der Waals surface area contributed by atoms with E-state index in [9.17, 15) is 5.11 Å². The van der Waals surface area contributed by atoms with Gasteiger partial charge >= 0.3 is 0 Å². The molecule has 5 nitrogen and oxygen atoms in total. The molecule has 1 aliphatic rings. The summed E-state index contributed by atoms with van der Waals surface area (Å²) in [6.45, 7) is 0.448. The molecule has 0 amide bonds. The topological polar surface area (TPSA) is 84.1 Å². The number of nitrogen functional groups attached to an aromatic ring is 1. The lowest BCUT2D eigenvalue weighted by Gasteiger charge is -2.32. The van der Waals surface area contributed by atoms with Crippen LogP contribution in [0.4, 0.5) is 11.8 Å². The molecule has 1 aromatic rings. The highest BCUT2D eigenvalue weighted by atomic mass is 35.5. The fraction of sp³-hybridized carbons (Fsp3) is 0.636. The van der Waals surface area contributed by atoms with E-state index in [1.807, 2.05) is 0 Å². The molecule has 1 aromatic heterocycles. The molecule has 6 heteroatoms. The van der Waals surface area contributed by atoms with E-state index >= 15 is 0 Å². The van der Waals surface area contributed by atoms with Gasteiger partial charge in [-0.3, -0.25) is 0 Å². The highest BCUT2D eigenvalue weighted by Crippen LogP contribution is 2.29. The van der Waals surface area contributed by atoms with Gasteiger partial charge in [0.1, 0.15) is 5.02 Å². The molecule has 0 radical (unpaired) electrons. The standard InChI is InChI=1S/C11H17ClN4O/c12-8-6-14-10(13)16-9(8)15-7-11(17)4-2-1-3-5-11/h6,17H,1-5,7H2,(H3,13,14,15,16). The predicted molar refractivity (Wildman–Crippen MR) is 68.0 cm³/mol. The Morgan fingerprint density at radius 2 is 2.12 bits per heavy atom. The summed E-state index contributed by atoms with van der Waals surface area (Å²) in [6, 6.07) is 0. The molecule has 17 heavy (non-hydrogen) atoms. The van der Waals surface area contributed by atoms with Crippen molar-refractivity contribution in [2.24, 2.45) is 0 Å². The quantitative estimate of drug-likeness (QED) is 0.768. The fourth-order valence-corrected chi connectivity index (χ4v) is 2.30. The molecule has 0 aliphatic heterocycles. The summed E-state index contributed by atoms with van der Waals surface area (Å²) in [7, 11) is 0. The average molecular weight is 257 g/mol. The van der Waals surface area contributed by atoms with Crippen molar-refractivity contribution in [3.8, 4) is 0 Å². The second-order valence-electron chi connectivity index (χ2n) is 4.56. The monoisotopic (exact) mass is 256 g/mol. The Morgan fingerprint density at radius 1 is 1.41 bits per heavy atom. The van der Waals surface area contributed by atoms with Gasteiger partial charge in [0.15, 0.2) is 5.82 Å². The first-order chi connectivity index (χ1) is 8.09. The molecule has 0 atom stereocenters. The minimum absolute atomic E-state index is 0.174. The summed E-state index contributed by atoms with van der Waals surface area (Å²) >= 11 is 5.93. The van der Waals surface area contributed by atoms with Crippen LogP contribution in [-0.4, -0.2) is 27.2 Å². The minimum Gasteiger partial charge on any atom is -0.388 e. The lowest BCUT2D eigenvalue weighted by atomic mass is 9.85. The van der Waals surface area contributed by atoms with Gasteiger partial charge in [0.25, 0.3) is 0 Å². The number of aromatic nitrogens is 2. The highest BCUT2D eigenvalue weighted by molar-refractivity contribution is 6.32. The zero-order chi connectivity index (χ0) is 12.3. The van der Waals surface area contributed by atoms with Crippen LogP contribution in [-0.2, 0) is 0 Å². The van der Waals surface area contributed by atoms with Crippen molar-refractivity contribution in [1.82, 2.24) is 9.97 Å². The third-order valence-electron chi connectivity index (χ3n) is 3.13. The number of hydrogen-bond acceptors (Lipinski definition) is 5. The van der Waals surface area contributed by atoms with Gasteiger partial charge in [-0.05, 0) is 12.8 Å². The van der Waals surface area contributed by atoms with Crippen LogP contribution >= 0.6 is 11.6 Å². The van der Waals surface area contributed by atoms with E-state index < -0.39 is 5.60 Å². The van der Waals surface area contributed by atoms with E-state index in [-0.39, 0.29) is 5.95 Å². The molecule has 94 valence electrons. The lowest BCUT2D eigenvalue weighted by molar-refractivity contribution is 0.0166. The van der Waals surface area contributed by atoms with Gasteiger partial charge in [0, 0.05) is 6.54 Å². The van der Waals surface area contributed by atoms with Crippen LogP contribution in [0.1, 0.15) is 32.1 Å². The van der Waals surface area contributed by atoms with Gasteiger partial charge in [-0.15, -0.1) is 0 Å². The normalized spacial score (nSPS) is 18.9. The maximum absolute atomic E-state index is 10.3. The zero-order valence-corrected chi connectivity index (χ0v) is 10.4. The number of nitrogens with zero attached hydrogens (tertiary/aromatic N) is 2. The van der Waals surface area contributed by atoms with Gasteiger partial charge in [0.05, 0.1) is 11.8 Å². The number of nitrogens with one attached hydrogen (secondary N) is 1. The zero-order valence-electron chi connectivity index (χ0n) is 9.62. The number of anilines is 2. The third kappa shape index (κ3) is 3.20. The number of nitrogens with two attached hydrogens (primary N) is 1. The lowest BCUT2D eigenvalue weighted by Crippen LogP contribution is -2.39. The number of rotatable bonds is 3. The molecule has 1 fully saturated rings. The average Bonchev–Trinajstić information content (AvgIpc) is 2.31. The van der Waals surface area contributed by atoms with Crippen molar-refractivity contribution >= 4 is 23.4 Å². The van der Waals surface area contributed by atoms with Crippen molar-refractivity contribution in [3.05, 3.63) is 11.2 Å². The van der Waals surface area contributed by atoms with E-state index in [0.29, 0.717) is 17.4 Å². The van der Waals surface area contributed by atoms with Crippen molar-refractivity contribution in [2.75, 3.05) is 17.6 Å². The molecule has 1 aliphatic carbocycles. The summed E-state index contributed by atoms with van der Waals surface area (Å²) in [5, 5.41) is 13.8. The van der Waals surface area contributed by atoms with Crippen LogP contribution in [0.25, 0.3) is 0 Å². The van der Waals surface area contributed by atoms with Crippen molar-refractivity contribution in [2.45, 2.75) is 37.7 Å². The highest BCUT2D eigenvalue weighted by Gasteiger charge is 2.29. The molecule has 0 unspecified atom stereocenters. The van der Waals surface area contributed by atoms with Gasteiger partial charge in [-0.2, -0.15) is 4.98 Å². The summed E-state index contributed by atoms with van der Waals surface area (Å²) in [5.74, 6) is 0.658. The number of halogens is 1. The Kier molecular flexibility index (Phi) is 3.69. The van der Waals surface area contributed by atoms with Crippen molar-refractivity contribution in [3.63, 3.8) is 0 Å². The molecule has 0 aromatic carbocycles. The molecule has 1 saturated carbocycles. The molecule has 2 rings (SSSR count). The molecule has 0 saturated heterocycles. The Hall–Kier alpha value is -1.07. The fourth-order valence-electron chi connectivity index (χ4n) is 2.14. The molecular weight excluding hydrogens is 240 g/mol. The van der Waals surface area contributed by atoms with Crippen LogP contribution in [0.3, 0.4) is 0 Å². The predicted octanol–water partition coefficient (Wildman–Crippen LogP) is 1.82. The summed E-state index contributed by atoms with van der Waals surface area (Å²) in [6.07, 6.45) is 6.42. The minimum atomic E-state index is -0.651. The second kappa shape index (κ2) is 5.06.